The molecule has 0 aliphatic carbocycles. The second kappa shape index (κ2) is 4.71. The van der Waals surface area contributed by atoms with E-state index in [1.807, 2.05) is 6.92 Å². The SMILES string of the molecule is C=CC(=O)OSCC. The quantitative estimate of drug-likeness (QED) is 0.428. The highest BCUT2D eigenvalue weighted by molar-refractivity contribution is 7.95. The maximum absolute atomic E-state index is 10.2. The van der Waals surface area contributed by atoms with Gasteiger partial charge in [-0.05, 0) is 0 Å². The first-order valence-electron chi connectivity index (χ1n) is 2.27. The van der Waals surface area contributed by atoms with Crippen LogP contribution < -0.4 is 0 Å². The van der Waals surface area contributed by atoms with E-state index < -0.39 is 0 Å². The van der Waals surface area contributed by atoms with Gasteiger partial charge in [0.05, 0.1) is 12.0 Å². The summed E-state index contributed by atoms with van der Waals surface area (Å²) in [4.78, 5) is 10.2. The van der Waals surface area contributed by atoms with Crippen LogP contribution in [-0.4, -0.2) is 11.7 Å². The summed E-state index contributed by atoms with van der Waals surface area (Å²) in [5, 5.41) is 0. The summed E-state index contributed by atoms with van der Waals surface area (Å²) in [5.41, 5.74) is 0. The zero-order chi connectivity index (χ0) is 6.41. The van der Waals surface area contributed by atoms with Gasteiger partial charge in [0.25, 0.3) is 0 Å². The van der Waals surface area contributed by atoms with Crippen molar-refractivity contribution >= 4 is 18.0 Å². The lowest BCUT2D eigenvalue weighted by atomic mass is 10.7. The van der Waals surface area contributed by atoms with E-state index in [1.54, 1.807) is 0 Å². The summed E-state index contributed by atoms with van der Waals surface area (Å²) in [6, 6.07) is 0. The summed E-state index contributed by atoms with van der Waals surface area (Å²) in [5.74, 6) is 0.399. The van der Waals surface area contributed by atoms with Crippen LogP contribution in [0.1, 0.15) is 6.92 Å². The first kappa shape index (κ1) is 7.56. The molecule has 0 aliphatic heterocycles. The monoisotopic (exact) mass is 132 g/mol. The number of hydrogen-bond donors (Lipinski definition) is 0. The van der Waals surface area contributed by atoms with Gasteiger partial charge in [0.2, 0.25) is 0 Å². The highest BCUT2D eigenvalue weighted by Crippen LogP contribution is 2.00. The fourth-order valence-corrected chi connectivity index (χ4v) is 0.453. The van der Waals surface area contributed by atoms with Crippen molar-refractivity contribution in [2.24, 2.45) is 0 Å². The number of hydrogen-bond acceptors (Lipinski definition) is 3. The molecule has 2 nitrogen and oxygen atoms in total. The van der Waals surface area contributed by atoms with Crippen LogP contribution >= 0.6 is 12.0 Å². The predicted octanol–water partition coefficient (Wildman–Crippen LogP) is 1.38. The molecule has 0 unspecified atom stereocenters. The Morgan fingerprint density at radius 2 is 2.62 bits per heavy atom. The third-order valence-electron chi connectivity index (χ3n) is 0.426. The van der Waals surface area contributed by atoms with E-state index in [2.05, 4.69) is 10.8 Å². The van der Waals surface area contributed by atoms with Gasteiger partial charge in [-0.15, -0.1) is 0 Å². The zero-order valence-corrected chi connectivity index (χ0v) is 5.53. The van der Waals surface area contributed by atoms with Crippen LogP contribution in [0.25, 0.3) is 0 Å². The summed E-state index contributed by atoms with van der Waals surface area (Å²) in [7, 11) is 0. The zero-order valence-electron chi connectivity index (χ0n) is 4.72. The summed E-state index contributed by atoms with van der Waals surface area (Å²) in [6.45, 7) is 5.13. The molecule has 46 valence electrons. The molecule has 0 N–H and O–H groups in total. The first-order chi connectivity index (χ1) is 3.81. The molecule has 3 heteroatoms. The molecule has 0 saturated heterocycles. The van der Waals surface area contributed by atoms with Gasteiger partial charge in [-0.2, -0.15) is 0 Å². The standard InChI is InChI=1S/C5H8O2S/c1-3-5(6)7-8-4-2/h3H,1,4H2,2H3. The molecular formula is C5H8O2S. The van der Waals surface area contributed by atoms with Crippen LogP contribution in [0.5, 0.6) is 0 Å². The van der Waals surface area contributed by atoms with Crippen LogP contribution in [0.4, 0.5) is 0 Å². The van der Waals surface area contributed by atoms with E-state index in [0.29, 0.717) is 0 Å². The largest absolute Gasteiger partial charge is 0.388 e. The van der Waals surface area contributed by atoms with Crippen molar-refractivity contribution in [2.45, 2.75) is 6.92 Å². The Morgan fingerprint density at radius 1 is 2.00 bits per heavy atom. The molecule has 0 atom stereocenters. The molecule has 0 heterocycles. The normalized spacial score (nSPS) is 8.12. The molecule has 0 amide bonds. The lowest BCUT2D eigenvalue weighted by Gasteiger charge is -1.92. The van der Waals surface area contributed by atoms with Gasteiger partial charge in [0.15, 0.2) is 0 Å². The van der Waals surface area contributed by atoms with Crippen molar-refractivity contribution < 1.29 is 8.98 Å². The van der Waals surface area contributed by atoms with Crippen molar-refractivity contribution in [3.05, 3.63) is 12.7 Å². The molecule has 0 radical (unpaired) electrons. The molecule has 0 bridgehead atoms. The van der Waals surface area contributed by atoms with Crippen LogP contribution in [0.3, 0.4) is 0 Å². The van der Waals surface area contributed by atoms with E-state index in [0.717, 1.165) is 23.9 Å². The maximum Gasteiger partial charge on any atom is 0.342 e. The molecule has 0 rings (SSSR count). The van der Waals surface area contributed by atoms with Gasteiger partial charge in [0, 0.05) is 11.8 Å². The fraction of sp³-hybridized carbons (Fsp3) is 0.400. The second-order valence-corrected chi connectivity index (χ2v) is 1.99. The molecule has 0 aromatic carbocycles. The molecule has 0 aromatic rings. The van der Waals surface area contributed by atoms with Crippen LogP contribution in [0.15, 0.2) is 12.7 Å². The Hall–Kier alpha value is -0.440. The average molecular weight is 132 g/mol. The molecule has 0 saturated carbocycles. The third kappa shape index (κ3) is 3.74. The van der Waals surface area contributed by atoms with Crippen LogP contribution in [-0.2, 0) is 8.98 Å². The average Bonchev–Trinajstić information content (AvgIpc) is 1.83. The molecule has 0 aliphatic rings. The van der Waals surface area contributed by atoms with E-state index in [1.165, 1.54) is 0 Å². The highest BCUT2D eigenvalue weighted by Gasteiger charge is 1.91. The molecule has 0 spiro atoms. The Morgan fingerprint density at radius 3 is 3.00 bits per heavy atom. The van der Waals surface area contributed by atoms with E-state index >= 15 is 0 Å². The van der Waals surface area contributed by atoms with Crippen molar-refractivity contribution in [3.8, 4) is 0 Å². The minimum atomic E-state index is -0.378. The summed E-state index contributed by atoms with van der Waals surface area (Å²) < 4.78 is 4.50. The third-order valence-corrected chi connectivity index (χ3v) is 0.943. The van der Waals surface area contributed by atoms with Gasteiger partial charge in [-0.1, -0.05) is 13.5 Å². The van der Waals surface area contributed by atoms with E-state index in [-0.39, 0.29) is 5.97 Å². The van der Waals surface area contributed by atoms with E-state index in [4.69, 9.17) is 0 Å². The summed E-state index contributed by atoms with van der Waals surface area (Å²) in [6.07, 6.45) is 1.14. The lowest BCUT2D eigenvalue weighted by molar-refractivity contribution is -0.127. The van der Waals surface area contributed by atoms with E-state index in [9.17, 15) is 4.79 Å². The summed E-state index contributed by atoms with van der Waals surface area (Å²) >= 11 is 1.12. The first-order valence-corrected chi connectivity index (χ1v) is 3.18. The molecular weight excluding hydrogens is 124 g/mol. The van der Waals surface area contributed by atoms with Crippen molar-refractivity contribution in [3.63, 3.8) is 0 Å². The van der Waals surface area contributed by atoms with Crippen molar-refractivity contribution in [2.75, 3.05) is 5.75 Å². The van der Waals surface area contributed by atoms with Gasteiger partial charge in [0.1, 0.15) is 0 Å². The predicted molar refractivity (Wildman–Crippen MR) is 34.4 cm³/mol. The van der Waals surface area contributed by atoms with Crippen LogP contribution in [0, 0.1) is 0 Å². The van der Waals surface area contributed by atoms with Crippen LogP contribution in [0.2, 0.25) is 0 Å². The van der Waals surface area contributed by atoms with Gasteiger partial charge in [-0.25, -0.2) is 4.79 Å². The molecule has 0 fully saturated rings. The fourth-order valence-electron chi connectivity index (χ4n) is 0.151. The maximum atomic E-state index is 10.2. The lowest BCUT2D eigenvalue weighted by Crippen LogP contribution is -1.91. The van der Waals surface area contributed by atoms with Crippen molar-refractivity contribution in [1.82, 2.24) is 0 Å². The Labute approximate surface area is 53.1 Å². The number of carbonyl (C=O) groups is 1. The molecule has 8 heavy (non-hydrogen) atoms. The number of carbonyl (C=O) groups excluding carboxylic acids is 1. The van der Waals surface area contributed by atoms with Gasteiger partial charge < -0.3 is 4.18 Å². The minimum Gasteiger partial charge on any atom is -0.388 e. The van der Waals surface area contributed by atoms with Gasteiger partial charge in [-0.3, -0.25) is 0 Å². The van der Waals surface area contributed by atoms with Crippen molar-refractivity contribution in [1.29, 1.82) is 0 Å². The minimum absolute atomic E-state index is 0.378. The molecule has 0 aromatic heterocycles. The topological polar surface area (TPSA) is 26.3 Å². The highest BCUT2D eigenvalue weighted by atomic mass is 32.2. The Balaban J connectivity index is 3.11. The smallest absolute Gasteiger partial charge is 0.342 e. The Bertz CT molecular complexity index is 90.4. The number of rotatable bonds is 3. The Kier molecular flexibility index (Phi) is 4.45. The van der Waals surface area contributed by atoms with Gasteiger partial charge >= 0.3 is 5.97 Å². The second-order valence-electron chi connectivity index (χ2n) is 1.01.